The second-order valence-corrected chi connectivity index (χ2v) is 5.77. The van der Waals surface area contributed by atoms with E-state index in [1.54, 1.807) is 13.0 Å². The van der Waals surface area contributed by atoms with E-state index in [0.29, 0.717) is 0 Å². The molecule has 0 saturated carbocycles. The van der Waals surface area contributed by atoms with Crippen LogP contribution in [-0.2, 0) is 10.0 Å². The quantitative estimate of drug-likeness (QED) is 0.882. The molecule has 0 fully saturated rings. The molecule has 0 unspecified atom stereocenters. The zero-order valence-electron chi connectivity index (χ0n) is 8.57. The van der Waals surface area contributed by atoms with Crippen molar-refractivity contribution >= 4 is 33.2 Å². The lowest BCUT2D eigenvalue weighted by Crippen LogP contribution is -2.37. The molecule has 1 aromatic carbocycles. The number of nitrogens with two attached hydrogens (primary N) is 1. The van der Waals surface area contributed by atoms with Crippen molar-refractivity contribution in [3.05, 3.63) is 28.2 Å². The first-order chi connectivity index (χ1) is 7.38. The van der Waals surface area contributed by atoms with Crippen LogP contribution in [0.5, 0.6) is 0 Å². The third-order valence-corrected chi connectivity index (χ3v) is 4.44. The van der Waals surface area contributed by atoms with Crippen molar-refractivity contribution in [1.29, 1.82) is 0 Å². The SMILES string of the molecule is C[C@H](CN)NS(=O)(=O)c1c(Cl)cccc1Cl. The fourth-order valence-electron chi connectivity index (χ4n) is 1.11. The van der Waals surface area contributed by atoms with Gasteiger partial charge in [0.2, 0.25) is 10.0 Å². The minimum atomic E-state index is -3.73. The highest BCUT2D eigenvalue weighted by molar-refractivity contribution is 7.89. The second kappa shape index (κ2) is 5.33. The summed E-state index contributed by atoms with van der Waals surface area (Å²) in [5.74, 6) is 0. The van der Waals surface area contributed by atoms with E-state index in [9.17, 15) is 8.42 Å². The summed E-state index contributed by atoms with van der Waals surface area (Å²) < 4.78 is 26.2. The van der Waals surface area contributed by atoms with Crippen molar-refractivity contribution in [1.82, 2.24) is 4.72 Å². The summed E-state index contributed by atoms with van der Waals surface area (Å²) in [6, 6.07) is 4.14. The average Bonchev–Trinajstić information content (AvgIpc) is 2.16. The van der Waals surface area contributed by atoms with Gasteiger partial charge in [-0.05, 0) is 19.1 Å². The molecule has 0 bridgehead atoms. The van der Waals surface area contributed by atoms with Crippen LogP contribution in [0.15, 0.2) is 23.1 Å². The molecule has 1 rings (SSSR count). The highest BCUT2D eigenvalue weighted by Gasteiger charge is 2.22. The van der Waals surface area contributed by atoms with Gasteiger partial charge in [-0.25, -0.2) is 13.1 Å². The Morgan fingerprint density at radius 2 is 1.88 bits per heavy atom. The lowest BCUT2D eigenvalue weighted by molar-refractivity contribution is 0.563. The van der Waals surface area contributed by atoms with Crippen molar-refractivity contribution < 1.29 is 8.42 Å². The van der Waals surface area contributed by atoms with Crippen LogP contribution in [0.1, 0.15) is 6.92 Å². The van der Waals surface area contributed by atoms with E-state index in [1.165, 1.54) is 12.1 Å². The van der Waals surface area contributed by atoms with Crippen LogP contribution in [0.4, 0.5) is 0 Å². The summed E-state index contributed by atoms with van der Waals surface area (Å²) >= 11 is 11.6. The van der Waals surface area contributed by atoms with Crippen molar-refractivity contribution in [2.75, 3.05) is 6.54 Å². The van der Waals surface area contributed by atoms with Gasteiger partial charge in [-0.3, -0.25) is 0 Å². The van der Waals surface area contributed by atoms with Gasteiger partial charge in [-0.2, -0.15) is 0 Å². The fourth-order valence-corrected chi connectivity index (χ4v) is 3.51. The van der Waals surface area contributed by atoms with Crippen molar-refractivity contribution in [3.63, 3.8) is 0 Å². The molecule has 3 N–H and O–H groups in total. The van der Waals surface area contributed by atoms with E-state index in [-0.39, 0.29) is 27.5 Å². The van der Waals surface area contributed by atoms with Gasteiger partial charge in [-0.1, -0.05) is 29.3 Å². The molecule has 0 aliphatic carbocycles. The number of hydrogen-bond donors (Lipinski definition) is 2. The molecule has 0 aliphatic heterocycles. The number of halogens is 2. The summed E-state index contributed by atoms with van der Waals surface area (Å²) in [4.78, 5) is -0.112. The van der Waals surface area contributed by atoms with E-state index >= 15 is 0 Å². The summed E-state index contributed by atoms with van der Waals surface area (Å²) in [5, 5.41) is 0.174. The number of nitrogens with one attached hydrogen (secondary N) is 1. The summed E-state index contributed by atoms with van der Waals surface area (Å²) in [7, 11) is -3.73. The highest BCUT2D eigenvalue weighted by Crippen LogP contribution is 2.28. The number of hydrogen-bond acceptors (Lipinski definition) is 3. The maximum atomic E-state index is 11.9. The van der Waals surface area contributed by atoms with Crippen LogP contribution in [0.3, 0.4) is 0 Å². The minimum absolute atomic E-state index is 0.0872. The second-order valence-electron chi connectivity index (χ2n) is 3.31. The lowest BCUT2D eigenvalue weighted by Gasteiger charge is -2.13. The molecule has 0 heterocycles. The number of rotatable bonds is 4. The molecule has 1 aromatic rings. The smallest absolute Gasteiger partial charge is 0.243 e. The van der Waals surface area contributed by atoms with Crippen LogP contribution in [-0.4, -0.2) is 21.0 Å². The fraction of sp³-hybridized carbons (Fsp3) is 0.333. The molecule has 16 heavy (non-hydrogen) atoms. The van der Waals surface area contributed by atoms with Gasteiger partial charge in [0.05, 0.1) is 10.0 Å². The average molecular weight is 283 g/mol. The van der Waals surface area contributed by atoms with Crippen LogP contribution in [0.25, 0.3) is 0 Å². The maximum absolute atomic E-state index is 11.9. The molecule has 0 radical (unpaired) electrons. The first-order valence-electron chi connectivity index (χ1n) is 4.55. The Morgan fingerprint density at radius 1 is 1.38 bits per heavy atom. The van der Waals surface area contributed by atoms with E-state index in [2.05, 4.69) is 4.72 Å². The van der Waals surface area contributed by atoms with Crippen LogP contribution in [0.2, 0.25) is 10.0 Å². The Hall–Kier alpha value is -0.330. The Kier molecular flexibility index (Phi) is 4.58. The molecular formula is C9H12Cl2N2O2S. The van der Waals surface area contributed by atoms with Gasteiger partial charge in [0.25, 0.3) is 0 Å². The Morgan fingerprint density at radius 3 is 2.31 bits per heavy atom. The monoisotopic (exact) mass is 282 g/mol. The molecule has 7 heteroatoms. The zero-order chi connectivity index (χ0) is 12.3. The first-order valence-corrected chi connectivity index (χ1v) is 6.79. The van der Waals surface area contributed by atoms with Gasteiger partial charge in [0, 0.05) is 12.6 Å². The van der Waals surface area contributed by atoms with E-state index < -0.39 is 10.0 Å². The van der Waals surface area contributed by atoms with Crippen molar-refractivity contribution in [2.24, 2.45) is 5.73 Å². The van der Waals surface area contributed by atoms with Crippen LogP contribution in [0, 0.1) is 0 Å². The topological polar surface area (TPSA) is 72.2 Å². The van der Waals surface area contributed by atoms with E-state index in [0.717, 1.165) is 0 Å². The van der Waals surface area contributed by atoms with Gasteiger partial charge in [-0.15, -0.1) is 0 Å². The van der Waals surface area contributed by atoms with Crippen LogP contribution >= 0.6 is 23.2 Å². The third-order valence-electron chi connectivity index (χ3n) is 1.90. The Balaban J connectivity index is 3.17. The molecule has 4 nitrogen and oxygen atoms in total. The van der Waals surface area contributed by atoms with Gasteiger partial charge < -0.3 is 5.73 Å². The number of benzene rings is 1. The Bertz CT molecular complexity index is 456. The van der Waals surface area contributed by atoms with Gasteiger partial charge in [0.1, 0.15) is 4.90 Å². The van der Waals surface area contributed by atoms with Crippen LogP contribution < -0.4 is 10.5 Å². The predicted octanol–water partition coefficient (Wildman–Crippen LogP) is 1.62. The van der Waals surface area contributed by atoms with Gasteiger partial charge in [0.15, 0.2) is 0 Å². The molecule has 0 saturated heterocycles. The zero-order valence-corrected chi connectivity index (χ0v) is 10.9. The minimum Gasteiger partial charge on any atom is -0.329 e. The standard InChI is InChI=1S/C9H12Cl2N2O2S/c1-6(5-12)13-16(14,15)9-7(10)3-2-4-8(9)11/h2-4,6,13H,5,12H2,1H3/t6-/m1/s1. The Labute approximate surface area is 105 Å². The summed E-state index contributed by atoms with van der Waals surface area (Å²) in [6.07, 6.45) is 0. The molecular weight excluding hydrogens is 271 g/mol. The number of sulfonamides is 1. The summed E-state index contributed by atoms with van der Waals surface area (Å²) in [5.41, 5.74) is 5.34. The third kappa shape index (κ3) is 3.09. The predicted molar refractivity (Wildman–Crippen MR) is 65.3 cm³/mol. The molecule has 0 spiro atoms. The largest absolute Gasteiger partial charge is 0.329 e. The van der Waals surface area contributed by atoms with Crippen molar-refractivity contribution in [2.45, 2.75) is 17.9 Å². The first kappa shape index (κ1) is 13.7. The lowest BCUT2D eigenvalue weighted by atomic mass is 10.4. The van der Waals surface area contributed by atoms with E-state index in [1.807, 2.05) is 0 Å². The van der Waals surface area contributed by atoms with E-state index in [4.69, 9.17) is 28.9 Å². The maximum Gasteiger partial charge on any atom is 0.243 e. The molecule has 0 aliphatic rings. The summed E-state index contributed by atoms with van der Waals surface area (Å²) in [6.45, 7) is 1.85. The van der Waals surface area contributed by atoms with Crippen molar-refractivity contribution in [3.8, 4) is 0 Å². The molecule has 0 aromatic heterocycles. The van der Waals surface area contributed by atoms with Gasteiger partial charge >= 0.3 is 0 Å². The molecule has 0 amide bonds. The highest BCUT2D eigenvalue weighted by atomic mass is 35.5. The molecule has 1 atom stereocenters. The normalized spacial score (nSPS) is 13.8. The molecule has 90 valence electrons.